The molecule has 6 nitrogen and oxygen atoms in total. The van der Waals surface area contributed by atoms with Crippen molar-refractivity contribution in [2.45, 2.75) is 30.8 Å². The molecule has 3 amide bonds. The van der Waals surface area contributed by atoms with Gasteiger partial charge in [-0.3, -0.25) is 19.7 Å². The van der Waals surface area contributed by atoms with E-state index in [9.17, 15) is 14.4 Å². The van der Waals surface area contributed by atoms with E-state index in [1.807, 2.05) is 0 Å². The zero-order valence-electron chi connectivity index (χ0n) is 8.71. The minimum absolute atomic E-state index is 0.134. The van der Waals surface area contributed by atoms with Gasteiger partial charge >= 0.3 is 0 Å². The zero-order chi connectivity index (χ0) is 11.3. The highest BCUT2D eigenvalue weighted by Gasteiger charge is 2.60. The summed E-state index contributed by atoms with van der Waals surface area (Å²) in [5, 5.41) is 8.13. The summed E-state index contributed by atoms with van der Waals surface area (Å²) in [6, 6.07) is -0.546. The number of amides is 3. The number of rotatable bonds is 0. The van der Waals surface area contributed by atoms with Crippen LogP contribution in [0.4, 0.5) is 0 Å². The fourth-order valence-electron chi connectivity index (χ4n) is 3.11. The van der Waals surface area contributed by atoms with Gasteiger partial charge in [-0.2, -0.15) is 0 Å². The smallest absolute Gasteiger partial charge is 0.249 e. The van der Waals surface area contributed by atoms with E-state index in [1.165, 1.54) is 0 Å². The molecule has 6 heteroatoms. The fourth-order valence-corrected chi connectivity index (χ4v) is 3.11. The molecule has 1 spiro atoms. The molecule has 16 heavy (non-hydrogen) atoms. The first-order valence-electron chi connectivity index (χ1n) is 5.53. The molecule has 86 valence electrons. The van der Waals surface area contributed by atoms with Crippen molar-refractivity contribution >= 4 is 17.7 Å². The van der Waals surface area contributed by atoms with Gasteiger partial charge in [0.2, 0.25) is 17.7 Å². The Morgan fingerprint density at radius 3 is 2.75 bits per heavy atom. The van der Waals surface area contributed by atoms with Crippen LogP contribution in [-0.2, 0) is 14.4 Å². The topological polar surface area (TPSA) is 87.3 Å². The van der Waals surface area contributed by atoms with Crippen LogP contribution < -0.4 is 16.0 Å². The number of hydrogen-bond donors (Lipinski definition) is 3. The summed E-state index contributed by atoms with van der Waals surface area (Å²) in [6.07, 6.45) is 1.86. The first-order valence-corrected chi connectivity index (χ1v) is 5.53. The van der Waals surface area contributed by atoms with Crippen LogP contribution in [0.15, 0.2) is 0 Å². The molecule has 2 unspecified atom stereocenters. The molecule has 3 aliphatic rings. The lowest BCUT2D eigenvalue weighted by Gasteiger charge is -2.32. The summed E-state index contributed by atoms with van der Waals surface area (Å²) < 4.78 is 0. The molecule has 3 saturated heterocycles. The summed E-state index contributed by atoms with van der Waals surface area (Å²) in [5.41, 5.74) is -0.682. The Balaban J connectivity index is 1.99. The van der Waals surface area contributed by atoms with E-state index in [1.54, 1.807) is 0 Å². The number of piperidine rings is 1. The lowest BCUT2D eigenvalue weighted by Crippen LogP contribution is -2.57. The van der Waals surface area contributed by atoms with Gasteiger partial charge in [0.1, 0.15) is 11.6 Å². The maximum absolute atomic E-state index is 12.0. The number of fused-ring (bicyclic) bond motifs is 2. The Morgan fingerprint density at radius 2 is 2.06 bits per heavy atom. The average molecular weight is 223 g/mol. The number of nitrogens with one attached hydrogen (secondary N) is 3. The van der Waals surface area contributed by atoms with Crippen LogP contribution in [0.1, 0.15) is 19.3 Å². The van der Waals surface area contributed by atoms with Gasteiger partial charge < -0.3 is 10.6 Å². The first-order chi connectivity index (χ1) is 7.63. The van der Waals surface area contributed by atoms with Crippen LogP contribution in [0, 0.1) is 5.92 Å². The van der Waals surface area contributed by atoms with Crippen molar-refractivity contribution in [2.75, 3.05) is 6.54 Å². The van der Waals surface area contributed by atoms with Gasteiger partial charge in [0.25, 0.3) is 0 Å². The molecule has 0 aromatic carbocycles. The Morgan fingerprint density at radius 1 is 1.25 bits per heavy atom. The molecule has 0 radical (unpaired) electrons. The molecule has 3 heterocycles. The quantitative estimate of drug-likeness (QED) is 0.426. The summed E-state index contributed by atoms with van der Waals surface area (Å²) in [6.45, 7) is 0.770. The van der Waals surface area contributed by atoms with Gasteiger partial charge in [0.15, 0.2) is 0 Å². The van der Waals surface area contributed by atoms with Crippen LogP contribution >= 0.6 is 0 Å². The second-order valence-electron chi connectivity index (χ2n) is 4.68. The molecule has 3 fully saturated rings. The molecule has 0 aromatic rings. The van der Waals surface area contributed by atoms with Gasteiger partial charge in [-0.15, -0.1) is 0 Å². The van der Waals surface area contributed by atoms with E-state index in [4.69, 9.17) is 0 Å². The van der Waals surface area contributed by atoms with E-state index in [0.717, 1.165) is 13.0 Å². The highest BCUT2D eigenvalue weighted by atomic mass is 16.2. The lowest BCUT2D eigenvalue weighted by molar-refractivity contribution is -0.136. The lowest BCUT2D eigenvalue weighted by atomic mass is 9.77. The third-order valence-corrected chi connectivity index (χ3v) is 3.87. The SMILES string of the molecule is O=C1CC2C(NC(=O)[C@@]23CCCN3)C(=O)N1. The largest absolute Gasteiger partial charge is 0.342 e. The third kappa shape index (κ3) is 1.07. The second-order valence-corrected chi connectivity index (χ2v) is 4.68. The number of imide groups is 1. The molecule has 3 N–H and O–H groups in total. The van der Waals surface area contributed by atoms with Gasteiger partial charge in [-0.25, -0.2) is 0 Å². The van der Waals surface area contributed by atoms with Crippen molar-refractivity contribution < 1.29 is 14.4 Å². The van der Waals surface area contributed by atoms with Gasteiger partial charge in [0.05, 0.1) is 0 Å². The van der Waals surface area contributed by atoms with Crippen LogP contribution in [0.2, 0.25) is 0 Å². The fraction of sp³-hybridized carbons (Fsp3) is 0.700. The van der Waals surface area contributed by atoms with Crippen molar-refractivity contribution in [3.05, 3.63) is 0 Å². The zero-order valence-corrected chi connectivity index (χ0v) is 8.71. The highest BCUT2D eigenvalue weighted by molar-refractivity contribution is 6.06. The summed E-state index contributed by atoms with van der Waals surface area (Å²) in [5.74, 6) is -1.02. The molecule has 3 atom stereocenters. The predicted octanol–water partition coefficient (Wildman–Crippen LogP) is -1.73. The van der Waals surface area contributed by atoms with Gasteiger partial charge in [-0.1, -0.05) is 0 Å². The van der Waals surface area contributed by atoms with Crippen LogP contribution in [-0.4, -0.2) is 35.8 Å². The molecule has 3 rings (SSSR count). The Kier molecular flexibility index (Phi) is 1.85. The van der Waals surface area contributed by atoms with Crippen molar-refractivity contribution in [2.24, 2.45) is 5.92 Å². The summed E-state index contributed by atoms with van der Waals surface area (Å²) >= 11 is 0. The molecule has 0 aliphatic carbocycles. The molecular formula is C10H13N3O3. The maximum atomic E-state index is 12.0. The molecule has 0 aromatic heterocycles. The van der Waals surface area contributed by atoms with Crippen LogP contribution in [0.5, 0.6) is 0 Å². The Hall–Kier alpha value is -1.43. The van der Waals surface area contributed by atoms with Crippen LogP contribution in [0.3, 0.4) is 0 Å². The van der Waals surface area contributed by atoms with E-state index in [-0.39, 0.29) is 30.1 Å². The minimum Gasteiger partial charge on any atom is -0.342 e. The molecule has 3 aliphatic heterocycles. The van der Waals surface area contributed by atoms with Crippen molar-refractivity contribution in [3.63, 3.8) is 0 Å². The minimum atomic E-state index is -0.682. The predicted molar refractivity (Wildman–Crippen MR) is 53.2 cm³/mol. The van der Waals surface area contributed by atoms with E-state index < -0.39 is 11.6 Å². The van der Waals surface area contributed by atoms with Crippen molar-refractivity contribution in [1.82, 2.24) is 16.0 Å². The standard InChI is InChI=1S/C10H13N3O3/c14-6-4-5-7(8(15)12-6)13-9(16)10(5)2-1-3-11-10/h5,7,11H,1-4H2,(H,13,16)(H,12,14,15)/t5?,7?,10-/m1/s1. The number of carbonyl (C=O) groups is 3. The second kappa shape index (κ2) is 3.04. The average Bonchev–Trinajstić information content (AvgIpc) is 2.79. The van der Waals surface area contributed by atoms with E-state index in [0.29, 0.717) is 6.42 Å². The summed E-state index contributed by atoms with van der Waals surface area (Å²) in [4.78, 5) is 34.9. The highest BCUT2D eigenvalue weighted by Crippen LogP contribution is 2.38. The summed E-state index contributed by atoms with van der Waals surface area (Å²) in [7, 11) is 0. The number of hydrogen-bond acceptors (Lipinski definition) is 4. The number of carbonyl (C=O) groups excluding carboxylic acids is 3. The first kappa shape index (κ1) is 9.77. The van der Waals surface area contributed by atoms with Crippen LogP contribution in [0.25, 0.3) is 0 Å². The van der Waals surface area contributed by atoms with Gasteiger partial charge in [-0.05, 0) is 19.4 Å². The monoisotopic (exact) mass is 223 g/mol. The molecular weight excluding hydrogens is 210 g/mol. The van der Waals surface area contributed by atoms with Gasteiger partial charge in [0, 0.05) is 12.3 Å². The van der Waals surface area contributed by atoms with Crippen molar-refractivity contribution in [1.29, 1.82) is 0 Å². The Bertz CT molecular complexity index is 387. The maximum Gasteiger partial charge on any atom is 0.249 e. The normalized spacial score (nSPS) is 42.1. The Labute approximate surface area is 92.1 Å². The molecule has 0 bridgehead atoms. The van der Waals surface area contributed by atoms with E-state index in [2.05, 4.69) is 16.0 Å². The van der Waals surface area contributed by atoms with E-state index >= 15 is 0 Å². The van der Waals surface area contributed by atoms with Crippen molar-refractivity contribution in [3.8, 4) is 0 Å². The molecule has 0 saturated carbocycles. The third-order valence-electron chi connectivity index (χ3n) is 3.87.